The second-order valence-corrected chi connectivity index (χ2v) is 8.84. The molecule has 37 heavy (non-hydrogen) atoms. The van der Waals surface area contributed by atoms with E-state index in [9.17, 15) is 19.2 Å². The standard InChI is InChI=1S/C29H22O8/c1-35-20-16-19-28(25-24(20)26(33)17-10-7-8-11-18(17)27(25)34)36-21-12-6-4-2-3-5-9-15-29(19,21)37-23(32)14-13-22(30)31/h7-8,10-11,16,21H,2-5,13-14H2,1H3,(H,30,31)/t21-,29+/m0/s1. The van der Waals surface area contributed by atoms with Crippen molar-refractivity contribution in [3.8, 4) is 35.2 Å². The second kappa shape index (κ2) is 9.48. The van der Waals surface area contributed by atoms with Gasteiger partial charge in [-0.15, -0.1) is 0 Å². The molecule has 1 N–H and O–H groups in total. The van der Waals surface area contributed by atoms with Gasteiger partial charge in [-0.05, 0) is 24.8 Å². The molecule has 186 valence electrons. The topological polar surface area (TPSA) is 116 Å². The minimum Gasteiger partial charge on any atom is -0.496 e. The number of carbonyl (C=O) groups excluding carboxylic acids is 3. The van der Waals surface area contributed by atoms with Crippen LogP contribution in [0.5, 0.6) is 11.5 Å². The molecule has 2 aromatic carbocycles. The fraction of sp³-hybridized carbons (Fsp3) is 0.310. The summed E-state index contributed by atoms with van der Waals surface area (Å²) in [6.07, 6.45) is 0.807. The van der Waals surface area contributed by atoms with Crippen LogP contribution in [0, 0.1) is 23.7 Å². The van der Waals surface area contributed by atoms with Gasteiger partial charge in [-0.1, -0.05) is 42.0 Å². The van der Waals surface area contributed by atoms with E-state index in [1.807, 2.05) is 0 Å². The van der Waals surface area contributed by atoms with E-state index in [-0.39, 0.29) is 45.7 Å². The van der Waals surface area contributed by atoms with Gasteiger partial charge in [0.05, 0.1) is 36.6 Å². The number of aliphatic carboxylic acids is 1. The number of fused-ring (bicyclic) bond motifs is 6. The Labute approximate surface area is 212 Å². The molecular weight excluding hydrogens is 476 g/mol. The lowest BCUT2D eigenvalue weighted by atomic mass is 9.80. The first-order valence-corrected chi connectivity index (χ1v) is 11.9. The first kappa shape index (κ1) is 24.1. The average molecular weight is 498 g/mol. The molecule has 0 spiro atoms. The highest BCUT2D eigenvalue weighted by Crippen LogP contribution is 2.51. The maximum absolute atomic E-state index is 13.7. The van der Waals surface area contributed by atoms with Crippen molar-refractivity contribution in [2.24, 2.45) is 0 Å². The molecule has 0 unspecified atom stereocenters. The van der Waals surface area contributed by atoms with Crippen molar-refractivity contribution >= 4 is 23.5 Å². The lowest BCUT2D eigenvalue weighted by Gasteiger charge is -2.27. The van der Waals surface area contributed by atoms with Crippen LogP contribution in [-0.2, 0) is 19.9 Å². The maximum atomic E-state index is 13.7. The summed E-state index contributed by atoms with van der Waals surface area (Å²) in [7, 11) is 1.37. The molecule has 8 heteroatoms. The third-order valence-corrected chi connectivity index (χ3v) is 6.52. The van der Waals surface area contributed by atoms with Crippen molar-refractivity contribution in [1.82, 2.24) is 0 Å². The summed E-state index contributed by atoms with van der Waals surface area (Å²) in [5.41, 5.74) is -0.962. The number of rotatable bonds is 5. The Morgan fingerprint density at radius 2 is 1.73 bits per heavy atom. The molecule has 0 saturated heterocycles. The van der Waals surface area contributed by atoms with Crippen LogP contribution in [0.3, 0.4) is 0 Å². The molecule has 2 aliphatic carbocycles. The summed E-state index contributed by atoms with van der Waals surface area (Å²) in [6, 6.07) is 7.99. The number of esters is 1. The van der Waals surface area contributed by atoms with Gasteiger partial charge in [0.25, 0.3) is 0 Å². The van der Waals surface area contributed by atoms with Crippen LogP contribution >= 0.6 is 0 Å². The van der Waals surface area contributed by atoms with Gasteiger partial charge in [0.2, 0.25) is 11.7 Å². The second-order valence-electron chi connectivity index (χ2n) is 8.84. The van der Waals surface area contributed by atoms with Gasteiger partial charge in [0.15, 0.2) is 11.6 Å². The van der Waals surface area contributed by atoms with Crippen molar-refractivity contribution < 1.29 is 38.5 Å². The number of ketones is 2. The highest BCUT2D eigenvalue weighted by molar-refractivity contribution is 6.30. The van der Waals surface area contributed by atoms with E-state index in [4.69, 9.17) is 19.3 Å². The fourth-order valence-corrected chi connectivity index (χ4v) is 4.76. The molecule has 1 heterocycles. The molecular formula is C29H22O8. The first-order valence-electron chi connectivity index (χ1n) is 11.9. The molecule has 2 atom stereocenters. The fourth-order valence-electron chi connectivity index (χ4n) is 4.76. The SMILES string of the molecule is COc1cc2c(c3c1C(=O)c1ccccc1C3=O)O[C@H]1C#CCCCCC#C[C@@]21OC(=O)CCC(=O)O. The van der Waals surface area contributed by atoms with Crippen molar-refractivity contribution in [3.63, 3.8) is 0 Å². The third-order valence-electron chi connectivity index (χ3n) is 6.52. The van der Waals surface area contributed by atoms with E-state index in [1.54, 1.807) is 24.3 Å². The van der Waals surface area contributed by atoms with Gasteiger partial charge in [0.1, 0.15) is 11.5 Å². The summed E-state index contributed by atoms with van der Waals surface area (Å²) in [5, 5.41) is 9.03. The zero-order chi connectivity index (χ0) is 26.2. The van der Waals surface area contributed by atoms with Gasteiger partial charge in [0, 0.05) is 24.0 Å². The van der Waals surface area contributed by atoms with E-state index in [0.29, 0.717) is 12.8 Å². The van der Waals surface area contributed by atoms with Gasteiger partial charge in [-0.25, -0.2) is 0 Å². The molecule has 5 rings (SSSR count). The van der Waals surface area contributed by atoms with Crippen molar-refractivity contribution in [3.05, 3.63) is 58.1 Å². The quantitative estimate of drug-likeness (QED) is 0.420. The predicted molar refractivity (Wildman–Crippen MR) is 129 cm³/mol. The third kappa shape index (κ3) is 4.01. The lowest BCUT2D eigenvalue weighted by Crippen LogP contribution is -2.40. The summed E-state index contributed by atoms with van der Waals surface area (Å²) in [5.74, 6) is 9.50. The molecule has 0 saturated carbocycles. The van der Waals surface area contributed by atoms with E-state index in [2.05, 4.69) is 23.7 Å². The smallest absolute Gasteiger partial charge is 0.308 e. The molecule has 3 aliphatic rings. The largest absolute Gasteiger partial charge is 0.496 e. The highest BCUT2D eigenvalue weighted by atomic mass is 16.6. The molecule has 1 aliphatic heterocycles. The Morgan fingerprint density at radius 1 is 1.05 bits per heavy atom. The minimum absolute atomic E-state index is 0.00461. The van der Waals surface area contributed by atoms with Crippen molar-refractivity contribution in [2.45, 2.75) is 50.2 Å². The Bertz CT molecular complexity index is 1480. The Hall–Kier alpha value is -4.56. The van der Waals surface area contributed by atoms with Crippen LogP contribution in [0.25, 0.3) is 0 Å². The van der Waals surface area contributed by atoms with Gasteiger partial charge in [-0.2, -0.15) is 0 Å². The maximum Gasteiger partial charge on any atom is 0.308 e. The van der Waals surface area contributed by atoms with Crippen LogP contribution in [-0.4, -0.2) is 41.8 Å². The number of carboxylic acids is 1. The van der Waals surface area contributed by atoms with Crippen molar-refractivity contribution in [1.29, 1.82) is 0 Å². The molecule has 0 amide bonds. The minimum atomic E-state index is -1.74. The molecule has 8 nitrogen and oxygen atoms in total. The summed E-state index contributed by atoms with van der Waals surface area (Å²) in [4.78, 5) is 51.1. The lowest BCUT2D eigenvalue weighted by molar-refractivity contribution is -0.160. The highest BCUT2D eigenvalue weighted by Gasteiger charge is 2.55. The van der Waals surface area contributed by atoms with E-state index >= 15 is 0 Å². The predicted octanol–water partition coefficient (Wildman–Crippen LogP) is 3.42. The zero-order valence-corrected chi connectivity index (χ0v) is 20.0. The van der Waals surface area contributed by atoms with Crippen LogP contribution in [0.15, 0.2) is 30.3 Å². The van der Waals surface area contributed by atoms with Crippen molar-refractivity contribution in [2.75, 3.05) is 7.11 Å². The Morgan fingerprint density at radius 3 is 2.41 bits per heavy atom. The molecule has 0 aromatic heterocycles. The van der Waals surface area contributed by atoms with Crippen LogP contribution in [0.1, 0.15) is 75.9 Å². The normalized spacial score (nSPS) is 20.8. The first-order chi connectivity index (χ1) is 17.9. The molecule has 0 radical (unpaired) electrons. The monoisotopic (exact) mass is 498 g/mol. The average Bonchev–Trinajstić information content (AvgIpc) is 3.19. The number of hydrogen-bond acceptors (Lipinski definition) is 7. The van der Waals surface area contributed by atoms with Crippen LogP contribution in [0.4, 0.5) is 0 Å². The van der Waals surface area contributed by atoms with Gasteiger partial charge >= 0.3 is 11.9 Å². The van der Waals surface area contributed by atoms with E-state index in [1.165, 1.54) is 13.2 Å². The van der Waals surface area contributed by atoms with E-state index < -0.39 is 41.6 Å². The number of carboxylic acid groups (broad SMARTS) is 1. The number of hydrogen-bond donors (Lipinski definition) is 1. The Balaban J connectivity index is 1.74. The van der Waals surface area contributed by atoms with E-state index in [0.717, 1.165) is 12.8 Å². The molecule has 0 fully saturated rings. The summed E-state index contributed by atoms with van der Waals surface area (Å²) < 4.78 is 17.6. The number of ether oxygens (including phenoxy) is 3. The summed E-state index contributed by atoms with van der Waals surface area (Å²) in [6.45, 7) is 0. The number of benzene rings is 2. The summed E-state index contributed by atoms with van der Waals surface area (Å²) >= 11 is 0. The molecule has 2 aromatic rings. The number of methoxy groups -OCH3 is 1. The van der Waals surface area contributed by atoms with Gasteiger partial charge < -0.3 is 19.3 Å². The zero-order valence-electron chi connectivity index (χ0n) is 20.0. The van der Waals surface area contributed by atoms with Crippen LogP contribution in [0.2, 0.25) is 0 Å². The Kier molecular flexibility index (Phi) is 6.19. The van der Waals surface area contributed by atoms with Crippen LogP contribution < -0.4 is 9.47 Å². The number of carbonyl (C=O) groups is 4. The molecule has 0 bridgehead atoms. The van der Waals surface area contributed by atoms with Gasteiger partial charge in [-0.3, -0.25) is 19.2 Å².